The summed E-state index contributed by atoms with van der Waals surface area (Å²) in [4.78, 5) is 9.53. The summed E-state index contributed by atoms with van der Waals surface area (Å²) in [5.41, 5.74) is 2.12. The lowest BCUT2D eigenvalue weighted by molar-refractivity contribution is 0.459. The third-order valence-electron chi connectivity index (χ3n) is 3.72. The number of piperidine rings is 1. The van der Waals surface area contributed by atoms with Gasteiger partial charge in [0.15, 0.2) is 0 Å². The molecule has 0 atom stereocenters. The van der Waals surface area contributed by atoms with Gasteiger partial charge in [-0.25, -0.2) is 9.97 Å². The minimum Gasteiger partial charge on any atom is -0.317 e. The van der Waals surface area contributed by atoms with E-state index in [1.807, 2.05) is 6.07 Å². The molecule has 0 spiro atoms. The number of nitrogens with one attached hydrogen (secondary N) is 1. The summed E-state index contributed by atoms with van der Waals surface area (Å²) in [7, 11) is 0. The lowest BCUT2D eigenvalue weighted by Gasteiger charge is -2.20. The second-order valence-electron chi connectivity index (χ2n) is 5.08. The van der Waals surface area contributed by atoms with Gasteiger partial charge in [0.2, 0.25) is 0 Å². The Balaban J connectivity index is 1.66. The SMILES string of the molecule is c1ccc2sc(-c3csc(C4CCNCC4)n3)nc2c1. The number of thiazole rings is 2. The standard InChI is InChI=1S/C15H15N3S2/c1-2-4-13-11(3-1)17-15(20-13)12-9-19-14(18-12)10-5-7-16-8-6-10/h1-4,9-10,16H,5-8H2. The highest BCUT2D eigenvalue weighted by molar-refractivity contribution is 7.21. The summed E-state index contributed by atoms with van der Waals surface area (Å²) in [6.07, 6.45) is 2.40. The van der Waals surface area contributed by atoms with Gasteiger partial charge in [0, 0.05) is 11.3 Å². The maximum Gasteiger partial charge on any atom is 0.143 e. The quantitative estimate of drug-likeness (QED) is 0.780. The average Bonchev–Trinajstić information content (AvgIpc) is 3.14. The first-order chi connectivity index (χ1) is 9.90. The first kappa shape index (κ1) is 12.4. The van der Waals surface area contributed by atoms with Gasteiger partial charge >= 0.3 is 0 Å². The zero-order valence-corrected chi connectivity index (χ0v) is 12.6. The molecule has 0 saturated carbocycles. The molecule has 20 heavy (non-hydrogen) atoms. The Bertz CT molecular complexity index is 692. The molecule has 0 radical (unpaired) electrons. The van der Waals surface area contributed by atoms with Crippen LogP contribution < -0.4 is 5.32 Å². The first-order valence-corrected chi connectivity index (χ1v) is 8.62. The third kappa shape index (κ3) is 2.26. The topological polar surface area (TPSA) is 37.8 Å². The maximum absolute atomic E-state index is 4.84. The van der Waals surface area contributed by atoms with Gasteiger partial charge in [-0.15, -0.1) is 22.7 Å². The zero-order valence-electron chi connectivity index (χ0n) is 11.0. The normalized spacial score (nSPS) is 16.8. The third-order valence-corrected chi connectivity index (χ3v) is 5.79. The Morgan fingerprint density at radius 3 is 2.80 bits per heavy atom. The van der Waals surface area contributed by atoms with Crippen LogP contribution in [0.2, 0.25) is 0 Å². The molecule has 1 saturated heterocycles. The summed E-state index contributed by atoms with van der Waals surface area (Å²) < 4.78 is 1.24. The van der Waals surface area contributed by atoms with Crippen molar-refractivity contribution >= 4 is 32.9 Å². The first-order valence-electron chi connectivity index (χ1n) is 6.92. The molecule has 2 aromatic heterocycles. The van der Waals surface area contributed by atoms with Crippen molar-refractivity contribution in [1.82, 2.24) is 15.3 Å². The van der Waals surface area contributed by atoms with Gasteiger partial charge in [-0.3, -0.25) is 0 Å². The Morgan fingerprint density at radius 2 is 1.95 bits per heavy atom. The van der Waals surface area contributed by atoms with E-state index in [1.165, 1.54) is 22.5 Å². The fraction of sp³-hybridized carbons (Fsp3) is 0.333. The molecule has 0 unspecified atom stereocenters. The summed E-state index contributed by atoms with van der Waals surface area (Å²) in [6, 6.07) is 8.28. The van der Waals surface area contributed by atoms with Crippen molar-refractivity contribution < 1.29 is 0 Å². The highest BCUT2D eigenvalue weighted by Crippen LogP contribution is 2.34. The number of fused-ring (bicyclic) bond motifs is 1. The fourth-order valence-electron chi connectivity index (χ4n) is 2.62. The van der Waals surface area contributed by atoms with E-state index in [0.717, 1.165) is 29.3 Å². The van der Waals surface area contributed by atoms with E-state index in [1.54, 1.807) is 22.7 Å². The number of para-hydroxylation sites is 1. The Labute approximate surface area is 125 Å². The molecule has 3 nitrogen and oxygen atoms in total. The van der Waals surface area contributed by atoms with E-state index in [-0.39, 0.29) is 0 Å². The van der Waals surface area contributed by atoms with Crippen LogP contribution in [0.4, 0.5) is 0 Å². The monoisotopic (exact) mass is 301 g/mol. The minimum atomic E-state index is 0.629. The highest BCUT2D eigenvalue weighted by atomic mass is 32.1. The van der Waals surface area contributed by atoms with E-state index < -0.39 is 0 Å². The highest BCUT2D eigenvalue weighted by Gasteiger charge is 2.19. The molecule has 1 aliphatic heterocycles. The number of nitrogens with zero attached hydrogens (tertiary/aromatic N) is 2. The van der Waals surface area contributed by atoms with Crippen LogP contribution in [0.3, 0.4) is 0 Å². The van der Waals surface area contributed by atoms with Gasteiger partial charge in [-0.05, 0) is 38.1 Å². The smallest absolute Gasteiger partial charge is 0.143 e. The number of benzene rings is 1. The van der Waals surface area contributed by atoms with Crippen LogP contribution in [0, 0.1) is 0 Å². The van der Waals surface area contributed by atoms with Crippen molar-refractivity contribution in [1.29, 1.82) is 0 Å². The van der Waals surface area contributed by atoms with Crippen molar-refractivity contribution in [2.45, 2.75) is 18.8 Å². The summed E-state index contributed by atoms with van der Waals surface area (Å²) in [5.74, 6) is 0.629. The van der Waals surface area contributed by atoms with E-state index >= 15 is 0 Å². The molecule has 3 heterocycles. The van der Waals surface area contributed by atoms with Gasteiger partial charge in [-0.1, -0.05) is 12.1 Å². The van der Waals surface area contributed by atoms with Crippen LogP contribution in [0.1, 0.15) is 23.8 Å². The van der Waals surface area contributed by atoms with E-state index in [0.29, 0.717) is 5.92 Å². The van der Waals surface area contributed by atoms with Gasteiger partial charge in [0.05, 0.1) is 15.2 Å². The Hall–Kier alpha value is -1.30. The molecular weight excluding hydrogens is 286 g/mol. The van der Waals surface area contributed by atoms with Crippen LogP contribution >= 0.6 is 22.7 Å². The van der Waals surface area contributed by atoms with Gasteiger partial charge in [0.25, 0.3) is 0 Å². The van der Waals surface area contributed by atoms with E-state index in [2.05, 4.69) is 28.9 Å². The molecule has 5 heteroatoms. The van der Waals surface area contributed by atoms with Gasteiger partial charge in [-0.2, -0.15) is 0 Å². The molecule has 0 bridgehead atoms. The van der Waals surface area contributed by atoms with Crippen LogP contribution in [0.15, 0.2) is 29.6 Å². The number of rotatable bonds is 2. The molecule has 0 amide bonds. The number of hydrogen-bond donors (Lipinski definition) is 1. The van der Waals surface area contributed by atoms with Crippen molar-refractivity contribution in [3.05, 3.63) is 34.7 Å². The molecule has 0 aliphatic carbocycles. The molecule has 1 aromatic carbocycles. The second kappa shape index (κ2) is 5.24. The summed E-state index contributed by atoms with van der Waals surface area (Å²) in [6.45, 7) is 2.22. The minimum absolute atomic E-state index is 0.629. The van der Waals surface area contributed by atoms with E-state index in [9.17, 15) is 0 Å². The Kier molecular flexibility index (Phi) is 3.26. The van der Waals surface area contributed by atoms with Gasteiger partial charge < -0.3 is 5.32 Å². The summed E-state index contributed by atoms with van der Waals surface area (Å²) in [5, 5.41) is 7.89. The molecule has 1 fully saturated rings. The molecule has 1 N–H and O–H groups in total. The predicted molar refractivity (Wildman–Crippen MR) is 85.6 cm³/mol. The molecular formula is C15H15N3S2. The summed E-state index contributed by atoms with van der Waals surface area (Å²) >= 11 is 3.52. The predicted octanol–water partition coefficient (Wildman–Crippen LogP) is 3.89. The van der Waals surface area contributed by atoms with Crippen LogP contribution in [0.25, 0.3) is 20.9 Å². The van der Waals surface area contributed by atoms with Crippen molar-refractivity contribution in [3.8, 4) is 10.7 Å². The largest absolute Gasteiger partial charge is 0.317 e. The lowest BCUT2D eigenvalue weighted by Crippen LogP contribution is -2.26. The van der Waals surface area contributed by atoms with Crippen LogP contribution in [0.5, 0.6) is 0 Å². The van der Waals surface area contributed by atoms with Crippen LogP contribution in [-0.2, 0) is 0 Å². The molecule has 3 aromatic rings. The van der Waals surface area contributed by atoms with Crippen molar-refractivity contribution in [2.24, 2.45) is 0 Å². The number of aromatic nitrogens is 2. The lowest BCUT2D eigenvalue weighted by atomic mass is 9.99. The zero-order chi connectivity index (χ0) is 13.4. The molecule has 1 aliphatic rings. The van der Waals surface area contributed by atoms with Crippen molar-refractivity contribution in [2.75, 3.05) is 13.1 Å². The van der Waals surface area contributed by atoms with Crippen molar-refractivity contribution in [3.63, 3.8) is 0 Å². The molecule has 102 valence electrons. The maximum atomic E-state index is 4.84. The second-order valence-corrected chi connectivity index (χ2v) is 7.00. The van der Waals surface area contributed by atoms with Gasteiger partial charge in [0.1, 0.15) is 10.7 Å². The number of hydrogen-bond acceptors (Lipinski definition) is 5. The molecule has 4 rings (SSSR count). The average molecular weight is 301 g/mol. The Morgan fingerprint density at radius 1 is 1.10 bits per heavy atom. The van der Waals surface area contributed by atoms with Crippen LogP contribution in [-0.4, -0.2) is 23.1 Å². The fourth-order valence-corrected chi connectivity index (χ4v) is 4.60. The van der Waals surface area contributed by atoms with E-state index in [4.69, 9.17) is 9.97 Å².